The highest BCUT2D eigenvalue weighted by Crippen LogP contribution is 2.64. The van der Waals surface area contributed by atoms with Crippen molar-refractivity contribution < 1.29 is 9.59 Å². The molecular weight excluding hydrogens is 336 g/mol. The third-order valence-corrected chi connectivity index (χ3v) is 7.77. The van der Waals surface area contributed by atoms with Crippen LogP contribution in [0.1, 0.15) is 27.6 Å². The number of allylic oxidation sites excluding steroid dienone is 3. The van der Waals surface area contributed by atoms with Gasteiger partial charge in [0.2, 0.25) is 11.6 Å². The normalized spacial score (nSPS) is 22.4. The third kappa shape index (κ3) is 2.00. The van der Waals surface area contributed by atoms with Gasteiger partial charge in [-0.3, -0.25) is 9.59 Å². The fourth-order valence-corrected chi connectivity index (χ4v) is 7.36. The summed E-state index contributed by atoms with van der Waals surface area (Å²) in [4.78, 5) is 30.6. The zero-order valence-electron chi connectivity index (χ0n) is 11.5. The summed E-state index contributed by atoms with van der Waals surface area (Å²) >= 11 is 4.18. The number of rotatable bonds is 0. The number of ketones is 2. The highest BCUT2D eigenvalue weighted by atomic mass is 32.3. The molecule has 3 aliphatic rings. The van der Waals surface area contributed by atoms with Gasteiger partial charge in [-0.05, 0) is 13.0 Å². The Morgan fingerprint density at radius 1 is 1.00 bits per heavy atom. The number of carbonyl (C=O) groups excluding carboxylic acids is 2. The first kappa shape index (κ1) is 14.2. The smallest absolute Gasteiger partial charge is 0.201 e. The standard InChI is InChI=1S/C15H10N2O2S3/c1-7-6-15(22-14(16)17-7)20-12-10(18)8-4-2-3-5-9(8)11(19)13(12)21-15/h2-6H,1H3,(H2,16,17). The second-order valence-electron chi connectivity index (χ2n) is 5.01. The topological polar surface area (TPSA) is 72.5 Å². The van der Waals surface area contributed by atoms with Crippen molar-refractivity contribution in [1.82, 2.24) is 0 Å². The van der Waals surface area contributed by atoms with Crippen molar-refractivity contribution >= 4 is 52.0 Å². The Hall–Kier alpha value is -1.44. The van der Waals surface area contributed by atoms with Crippen LogP contribution < -0.4 is 5.73 Å². The summed E-state index contributed by atoms with van der Waals surface area (Å²) in [6.07, 6.45) is 1.97. The van der Waals surface area contributed by atoms with Crippen LogP contribution in [0, 0.1) is 0 Å². The Balaban J connectivity index is 1.78. The molecule has 0 fully saturated rings. The van der Waals surface area contributed by atoms with Crippen LogP contribution >= 0.6 is 35.3 Å². The van der Waals surface area contributed by atoms with Crippen molar-refractivity contribution in [2.45, 2.75) is 10.3 Å². The Labute approximate surface area is 139 Å². The maximum absolute atomic E-state index is 12.7. The van der Waals surface area contributed by atoms with Gasteiger partial charge in [0, 0.05) is 16.8 Å². The zero-order chi connectivity index (χ0) is 15.5. The summed E-state index contributed by atoms with van der Waals surface area (Å²) in [5.74, 6) is -0.153. The average Bonchev–Trinajstić information content (AvgIpc) is 2.82. The quantitative estimate of drug-likeness (QED) is 0.776. The van der Waals surface area contributed by atoms with Gasteiger partial charge in [-0.25, -0.2) is 4.99 Å². The molecule has 4 nitrogen and oxygen atoms in total. The minimum absolute atomic E-state index is 0.0766. The molecule has 1 spiro atoms. The number of hydrogen-bond donors (Lipinski definition) is 1. The first-order chi connectivity index (χ1) is 10.5. The Bertz CT molecular complexity index is 792. The van der Waals surface area contributed by atoms with Gasteiger partial charge in [0.05, 0.1) is 9.81 Å². The summed E-state index contributed by atoms with van der Waals surface area (Å²) in [7, 11) is 0. The summed E-state index contributed by atoms with van der Waals surface area (Å²) in [5, 5.41) is 0.456. The largest absolute Gasteiger partial charge is 0.378 e. The first-order valence-corrected chi connectivity index (χ1v) is 8.97. The summed E-state index contributed by atoms with van der Waals surface area (Å²) in [5.41, 5.74) is 7.65. The van der Waals surface area contributed by atoms with Crippen molar-refractivity contribution in [3.8, 4) is 0 Å². The summed E-state index contributed by atoms with van der Waals surface area (Å²) in [6.45, 7) is 1.87. The van der Waals surface area contributed by atoms with E-state index in [1.807, 2.05) is 13.0 Å². The number of amidine groups is 1. The van der Waals surface area contributed by atoms with Crippen LogP contribution in [0.3, 0.4) is 0 Å². The predicted molar refractivity (Wildman–Crippen MR) is 93.0 cm³/mol. The molecule has 0 aromatic heterocycles. The third-order valence-electron chi connectivity index (χ3n) is 3.44. The lowest BCUT2D eigenvalue weighted by Crippen LogP contribution is -2.22. The maximum Gasteiger partial charge on any atom is 0.201 e. The van der Waals surface area contributed by atoms with E-state index in [0.29, 0.717) is 26.1 Å². The highest BCUT2D eigenvalue weighted by molar-refractivity contribution is 8.42. The Morgan fingerprint density at radius 2 is 1.55 bits per heavy atom. The Kier molecular flexibility index (Phi) is 3.08. The zero-order valence-corrected chi connectivity index (χ0v) is 13.9. The molecule has 0 radical (unpaired) electrons. The fourth-order valence-electron chi connectivity index (χ4n) is 2.58. The molecule has 1 aliphatic carbocycles. The van der Waals surface area contributed by atoms with Crippen LogP contribution in [0.25, 0.3) is 0 Å². The van der Waals surface area contributed by atoms with E-state index in [0.717, 1.165) is 5.70 Å². The minimum atomic E-state index is -0.506. The van der Waals surface area contributed by atoms with E-state index in [1.54, 1.807) is 24.3 Å². The molecule has 22 heavy (non-hydrogen) atoms. The van der Waals surface area contributed by atoms with E-state index in [4.69, 9.17) is 5.73 Å². The van der Waals surface area contributed by atoms with E-state index >= 15 is 0 Å². The van der Waals surface area contributed by atoms with E-state index in [9.17, 15) is 9.59 Å². The molecular formula is C15H10N2O2S3. The molecule has 7 heteroatoms. The van der Waals surface area contributed by atoms with Crippen LogP contribution in [0.5, 0.6) is 0 Å². The van der Waals surface area contributed by atoms with E-state index in [-0.39, 0.29) is 11.6 Å². The maximum atomic E-state index is 12.7. The lowest BCUT2D eigenvalue weighted by atomic mass is 9.94. The second-order valence-corrected chi connectivity index (χ2v) is 9.56. The van der Waals surface area contributed by atoms with Gasteiger partial charge >= 0.3 is 0 Å². The van der Waals surface area contributed by atoms with Gasteiger partial charge in [-0.1, -0.05) is 59.6 Å². The number of benzene rings is 1. The molecule has 2 heterocycles. The Morgan fingerprint density at radius 3 is 2.05 bits per heavy atom. The van der Waals surface area contributed by atoms with Crippen molar-refractivity contribution in [2.24, 2.45) is 10.7 Å². The lowest BCUT2D eigenvalue weighted by molar-refractivity contribution is 0.0988. The molecule has 0 saturated heterocycles. The molecule has 0 bridgehead atoms. The number of fused-ring (bicyclic) bond motifs is 1. The van der Waals surface area contributed by atoms with Gasteiger partial charge in [0.25, 0.3) is 0 Å². The van der Waals surface area contributed by atoms with Crippen LogP contribution in [0.15, 0.2) is 50.8 Å². The van der Waals surface area contributed by atoms with E-state index < -0.39 is 3.41 Å². The number of Topliss-reactive ketones (excluding diaryl/α,β-unsaturated/α-hetero) is 2. The van der Waals surface area contributed by atoms with Crippen LogP contribution in [0.4, 0.5) is 0 Å². The molecule has 0 saturated carbocycles. The molecule has 1 aromatic carbocycles. The number of aliphatic imine (C=N–C) groups is 1. The van der Waals surface area contributed by atoms with Gasteiger partial charge in [0.1, 0.15) is 3.41 Å². The van der Waals surface area contributed by atoms with Gasteiger partial charge in [-0.2, -0.15) is 0 Å². The molecule has 0 amide bonds. The highest BCUT2D eigenvalue weighted by Gasteiger charge is 2.49. The van der Waals surface area contributed by atoms with Crippen molar-refractivity contribution in [2.75, 3.05) is 0 Å². The SMILES string of the molecule is CC1=CC2(SC(N)=N1)SC1=C(S2)C(=O)c2ccccc2C1=O. The molecule has 110 valence electrons. The molecule has 0 unspecified atom stereocenters. The second kappa shape index (κ2) is 4.78. The monoisotopic (exact) mass is 346 g/mol. The van der Waals surface area contributed by atoms with Crippen molar-refractivity contribution in [3.05, 3.63) is 57.0 Å². The molecule has 0 atom stereocenters. The molecule has 1 aromatic rings. The number of hydrogen-bond acceptors (Lipinski definition) is 7. The van der Waals surface area contributed by atoms with Crippen LogP contribution in [-0.2, 0) is 0 Å². The lowest BCUT2D eigenvalue weighted by Gasteiger charge is -2.26. The fraction of sp³-hybridized carbons (Fsp3) is 0.133. The number of nitrogens with zero attached hydrogens (tertiary/aromatic N) is 1. The minimum Gasteiger partial charge on any atom is -0.378 e. The van der Waals surface area contributed by atoms with E-state index in [2.05, 4.69) is 4.99 Å². The average molecular weight is 346 g/mol. The number of carbonyl (C=O) groups is 2. The first-order valence-electron chi connectivity index (χ1n) is 6.52. The van der Waals surface area contributed by atoms with Crippen molar-refractivity contribution in [1.29, 1.82) is 0 Å². The van der Waals surface area contributed by atoms with Crippen LogP contribution in [0.2, 0.25) is 0 Å². The summed E-state index contributed by atoms with van der Waals surface area (Å²) < 4.78 is -0.506. The number of nitrogens with two attached hydrogens (primary N) is 1. The molecule has 4 rings (SSSR count). The van der Waals surface area contributed by atoms with Gasteiger partial charge < -0.3 is 5.73 Å². The van der Waals surface area contributed by atoms with Crippen molar-refractivity contribution in [3.63, 3.8) is 0 Å². The number of thioether (sulfide) groups is 3. The van der Waals surface area contributed by atoms with E-state index in [1.165, 1.54) is 35.3 Å². The summed E-state index contributed by atoms with van der Waals surface area (Å²) in [6, 6.07) is 6.98. The predicted octanol–water partition coefficient (Wildman–Crippen LogP) is 3.38. The van der Waals surface area contributed by atoms with Gasteiger partial charge in [0.15, 0.2) is 5.17 Å². The van der Waals surface area contributed by atoms with Gasteiger partial charge in [-0.15, -0.1) is 0 Å². The molecule has 2 aliphatic heterocycles. The van der Waals surface area contributed by atoms with Crippen LogP contribution in [-0.4, -0.2) is 20.1 Å². The molecule has 2 N–H and O–H groups in total.